The van der Waals surface area contributed by atoms with Gasteiger partial charge in [-0.3, -0.25) is 0 Å². The van der Waals surface area contributed by atoms with E-state index in [2.05, 4.69) is 5.32 Å². The fourth-order valence-corrected chi connectivity index (χ4v) is 3.49. The molecule has 3 N–H and O–H groups in total. The minimum absolute atomic E-state index is 0.0140. The van der Waals surface area contributed by atoms with Crippen LogP contribution < -0.4 is 11.1 Å². The Morgan fingerprint density at radius 2 is 1.92 bits per heavy atom. The van der Waals surface area contributed by atoms with E-state index in [0.29, 0.717) is 30.9 Å². The summed E-state index contributed by atoms with van der Waals surface area (Å²) in [6.45, 7) is 1.39. The van der Waals surface area contributed by atoms with Crippen LogP contribution in [-0.4, -0.2) is 40.1 Å². The molecule has 0 aromatic rings. The van der Waals surface area contributed by atoms with E-state index < -0.39 is 9.84 Å². The van der Waals surface area contributed by atoms with Gasteiger partial charge in [0, 0.05) is 6.54 Å². The maximum absolute atomic E-state index is 11.2. The van der Waals surface area contributed by atoms with Crippen molar-refractivity contribution in [3.63, 3.8) is 0 Å². The van der Waals surface area contributed by atoms with E-state index in [1.165, 1.54) is 0 Å². The van der Waals surface area contributed by atoms with Gasteiger partial charge in [0.2, 0.25) is 0 Å². The fraction of sp³-hybridized carbons (Fsp3) is 1.00. The highest BCUT2D eigenvalue weighted by Gasteiger charge is 2.35. The van der Waals surface area contributed by atoms with Crippen molar-refractivity contribution >= 4 is 9.84 Å². The second-order valence-corrected chi connectivity index (χ2v) is 6.19. The van der Waals surface area contributed by atoms with Gasteiger partial charge in [-0.15, -0.1) is 0 Å². The Kier molecular flexibility index (Phi) is 3.32. The van der Waals surface area contributed by atoms with Crippen LogP contribution in [0.5, 0.6) is 0 Å². The molecule has 0 aromatic heterocycles. The van der Waals surface area contributed by atoms with Crippen molar-refractivity contribution in [1.29, 1.82) is 0 Å². The zero-order valence-corrected chi connectivity index (χ0v) is 8.86. The summed E-state index contributed by atoms with van der Waals surface area (Å²) in [5, 5.41) is 3.08. The summed E-state index contributed by atoms with van der Waals surface area (Å²) in [6.07, 6.45) is 1.40. The molecule has 1 saturated heterocycles. The third-order valence-corrected chi connectivity index (χ3v) is 4.52. The maximum Gasteiger partial charge on any atom is 0.150 e. The van der Waals surface area contributed by atoms with Crippen molar-refractivity contribution in [3.8, 4) is 0 Å². The molecular weight excluding hydrogens is 188 g/mol. The van der Waals surface area contributed by atoms with Crippen molar-refractivity contribution in [3.05, 3.63) is 0 Å². The van der Waals surface area contributed by atoms with Gasteiger partial charge in [-0.05, 0) is 31.8 Å². The van der Waals surface area contributed by atoms with E-state index in [0.717, 1.165) is 6.54 Å². The third-order valence-electron chi connectivity index (χ3n) is 2.87. The van der Waals surface area contributed by atoms with E-state index in [1.54, 1.807) is 0 Å². The van der Waals surface area contributed by atoms with Crippen LogP contribution in [0, 0.1) is 5.41 Å². The third kappa shape index (κ3) is 2.65. The number of sulfone groups is 1. The summed E-state index contributed by atoms with van der Waals surface area (Å²) in [5.41, 5.74) is 5.69. The second kappa shape index (κ2) is 3.94. The number of rotatable bonds is 3. The predicted molar refractivity (Wildman–Crippen MR) is 53.3 cm³/mol. The molecule has 13 heavy (non-hydrogen) atoms. The zero-order chi connectivity index (χ0) is 9.95. The Hall–Kier alpha value is -0.130. The highest BCUT2D eigenvalue weighted by Crippen LogP contribution is 2.30. The topological polar surface area (TPSA) is 72.2 Å². The lowest BCUT2D eigenvalue weighted by Crippen LogP contribution is -2.45. The Morgan fingerprint density at radius 3 is 2.31 bits per heavy atom. The van der Waals surface area contributed by atoms with Crippen LogP contribution in [0.2, 0.25) is 0 Å². The van der Waals surface area contributed by atoms with Gasteiger partial charge in [0.25, 0.3) is 0 Å². The van der Waals surface area contributed by atoms with Crippen LogP contribution in [0.25, 0.3) is 0 Å². The average molecular weight is 206 g/mol. The standard InChI is InChI=1S/C8H18N2O2S/c1-10-7-8(6-9)2-4-13(11,12)5-3-8/h10H,2-7,9H2,1H3. The molecule has 1 rings (SSSR count). The lowest BCUT2D eigenvalue weighted by Gasteiger charge is -2.35. The molecule has 0 saturated carbocycles. The smallest absolute Gasteiger partial charge is 0.150 e. The van der Waals surface area contributed by atoms with Crippen molar-refractivity contribution in [2.75, 3.05) is 31.6 Å². The lowest BCUT2D eigenvalue weighted by molar-refractivity contribution is 0.259. The summed E-state index contributed by atoms with van der Waals surface area (Å²) < 4.78 is 22.4. The Bertz CT molecular complexity index is 247. The summed E-state index contributed by atoms with van der Waals surface area (Å²) in [6, 6.07) is 0. The van der Waals surface area contributed by atoms with E-state index in [4.69, 9.17) is 5.73 Å². The van der Waals surface area contributed by atoms with E-state index in [1.807, 2.05) is 7.05 Å². The largest absolute Gasteiger partial charge is 0.330 e. The summed E-state index contributed by atoms with van der Waals surface area (Å²) in [4.78, 5) is 0. The minimum atomic E-state index is -2.77. The number of nitrogens with one attached hydrogen (secondary N) is 1. The molecule has 0 atom stereocenters. The molecule has 1 aliphatic rings. The van der Waals surface area contributed by atoms with Crippen molar-refractivity contribution in [2.24, 2.45) is 11.1 Å². The Labute approximate surface area is 79.8 Å². The first-order valence-corrected chi connectivity index (χ1v) is 6.41. The molecule has 0 aliphatic carbocycles. The molecule has 4 nitrogen and oxygen atoms in total. The SMILES string of the molecule is CNCC1(CN)CCS(=O)(=O)CC1. The first-order valence-electron chi connectivity index (χ1n) is 4.59. The van der Waals surface area contributed by atoms with Gasteiger partial charge in [0.1, 0.15) is 9.84 Å². The van der Waals surface area contributed by atoms with Crippen LogP contribution in [0.15, 0.2) is 0 Å². The lowest BCUT2D eigenvalue weighted by atomic mass is 9.82. The normalized spacial score (nSPS) is 25.7. The van der Waals surface area contributed by atoms with Gasteiger partial charge < -0.3 is 11.1 Å². The van der Waals surface area contributed by atoms with Crippen LogP contribution >= 0.6 is 0 Å². The molecule has 0 spiro atoms. The zero-order valence-electron chi connectivity index (χ0n) is 8.04. The molecule has 5 heteroatoms. The number of nitrogens with two attached hydrogens (primary N) is 1. The number of hydrogen-bond acceptors (Lipinski definition) is 4. The highest BCUT2D eigenvalue weighted by atomic mass is 32.2. The summed E-state index contributed by atoms with van der Waals surface area (Å²) >= 11 is 0. The molecule has 0 unspecified atom stereocenters. The quantitative estimate of drug-likeness (QED) is 0.644. The van der Waals surface area contributed by atoms with Gasteiger partial charge in [0.15, 0.2) is 0 Å². The van der Waals surface area contributed by atoms with Gasteiger partial charge in [-0.1, -0.05) is 0 Å². The van der Waals surface area contributed by atoms with Crippen molar-refractivity contribution in [2.45, 2.75) is 12.8 Å². The summed E-state index contributed by atoms with van der Waals surface area (Å²) in [7, 11) is -0.890. The molecule has 1 heterocycles. The Morgan fingerprint density at radius 1 is 1.38 bits per heavy atom. The average Bonchev–Trinajstić information content (AvgIpc) is 2.10. The first-order chi connectivity index (χ1) is 6.04. The van der Waals surface area contributed by atoms with Gasteiger partial charge >= 0.3 is 0 Å². The van der Waals surface area contributed by atoms with Crippen LogP contribution in [-0.2, 0) is 9.84 Å². The predicted octanol–water partition coefficient (Wildman–Crippen LogP) is -0.640. The van der Waals surface area contributed by atoms with Crippen LogP contribution in [0.4, 0.5) is 0 Å². The van der Waals surface area contributed by atoms with Crippen LogP contribution in [0.3, 0.4) is 0 Å². The minimum Gasteiger partial charge on any atom is -0.330 e. The molecule has 0 radical (unpaired) electrons. The van der Waals surface area contributed by atoms with Gasteiger partial charge in [-0.2, -0.15) is 0 Å². The van der Waals surface area contributed by atoms with E-state index in [-0.39, 0.29) is 5.41 Å². The highest BCUT2D eigenvalue weighted by molar-refractivity contribution is 7.91. The number of hydrogen-bond donors (Lipinski definition) is 2. The second-order valence-electron chi connectivity index (χ2n) is 3.89. The Balaban J connectivity index is 2.63. The molecular formula is C8H18N2O2S. The van der Waals surface area contributed by atoms with Gasteiger partial charge in [-0.25, -0.2) is 8.42 Å². The molecule has 78 valence electrons. The molecule has 0 aromatic carbocycles. The molecule has 0 bridgehead atoms. The van der Waals surface area contributed by atoms with Crippen molar-refractivity contribution < 1.29 is 8.42 Å². The molecule has 1 fully saturated rings. The van der Waals surface area contributed by atoms with E-state index >= 15 is 0 Å². The molecule has 1 aliphatic heterocycles. The van der Waals surface area contributed by atoms with Crippen LogP contribution in [0.1, 0.15) is 12.8 Å². The summed E-state index contributed by atoms with van der Waals surface area (Å²) in [5.74, 6) is 0.595. The monoisotopic (exact) mass is 206 g/mol. The van der Waals surface area contributed by atoms with Gasteiger partial charge in [0.05, 0.1) is 11.5 Å². The van der Waals surface area contributed by atoms with Crippen molar-refractivity contribution in [1.82, 2.24) is 5.32 Å². The first kappa shape index (κ1) is 10.9. The molecule has 0 amide bonds. The van der Waals surface area contributed by atoms with E-state index in [9.17, 15) is 8.42 Å². The fourth-order valence-electron chi connectivity index (χ4n) is 1.80. The maximum atomic E-state index is 11.2.